The van der Waals surface area contributed by atoms with E-state index in [1.54, 1.807) is 0 Å². The van der Waals surface area contributed by atoms with Gasteiger partial charge in [-0.3, -0.25) is 0 Å². The Bertz CT molecular complexity index is 988. The lowest BCUT2D eigenvalue weighted by Crippen LogP contribution is -2.34. The Balaban J connectivity index is 1.81. The first-order valence-corrected chi connectivity index (χ1v) is 9.73. The molecule has 0 atom stereocenters. The Morgan fingerprint density at radius 2 is 1.96 bits per heavy atom. The highest BCUT2D eigenvalue weighted by Crippen LogP contribution is 2.30. The summed E-state index contributed by atoms with van der Waals surface area (Å²) in [6.45, 7) is 3.11. The average molecular weight is 383 g/mol. The maximum atomic E-state index is 12.2. The molecular weight excluding hydrogens is 360 g/mol. The van der Waals surface area contributed by atoms with E-state index in [0.717, 1.165) is 34.9 Å². The smallest absolute Gasteiger partial charge is 0.352 e. The van der Waals surface area contributed by atoms with Gasteiger partial charge in [0.15, 0.2) is 0 Å². The van der Waals surface area contributed by atoms with Gasteiger partial charge in [-0.1, -0.05) is 53.9 Å². The molecule has 0 unspecified atom stereocenters. The van der Waals surface area contributed by atoms with E-state index < -0.39 is 5.97 Å². The van der Waals surface area contributed by atoms with Gasteiger partial charge in [-0.05, 0) is 37.5 Å². The van der Waals surface area contributed by atoms with Crippen molar-refractivity contribution in [3.8, 4) is 0 Å². The van der Waals surface area contributed by atoms with Crippen molar-refractivity contribution in [1.29, 1.82) is 0 Å². The summed E-state index contributed by atoms with van der Waals surface area (Å²) in [5, 5.41) is 15.1. The van der Waals surface area contributed by atoms with Crippen LogP contribution in [0.3, 0.4) is 0 Å². The molecular formula is C22H23ClN2O2. The Hall–Kier alpha value is -2.30. The van der Waals surface area contributed by atoms with Crippen LogP contribution in [0.5, 0.6) is 0 Å². The maximum Gasteiger partial charge on any atom is 0.352 e. The van der Waals surface area contributed by atoms with E-state index in [1.807, 2.05) is 54.0 Å². The minimum Gasteiger partial charge on any atom is -0.477 e. The Labute approximate surface area is 163 Å². The number of hydrogen-bond acceptors (Lipinski definition) is 2. The number of carbonyl (C=O) groups is 1. The number of fused-ring (bicyclic) bond motifs is 1. The molecule has 1 heterocycles. The van der Waals surface area contributed by atoms with Crippen molar-refractivity contribution in [1.82, 2.24) is 9.88 Å². The van der Waals surface area contributed by atoms with Gasteiger partial charge in [0.25, 0.3) is 0 Å². The van der Waals surface area contributed by atoms with Crippen LogP contribution in [0.4, 0.5) is 0 Å². The van der Waals surface area contributed by atoms with Crippen LogP contribution in [0.15, 0.2) is 42.5 Å². The zero-order chi connectivity index (χ0) is 19.0. The molecule has 0 amide bonds. The minimum atomic E-state index is -0.903. The van der Waals surface area contributed by atoms with E-state index in [9.17, 15) is 9.90 Å². The first kappa shape index (κ1) is 18.1. The van der Waals surface area contributed by atoms with Gasteiger partial charge in [0.05, 0.1) is 5.52 Å². The number of rotatable bonds is 6. The number of nitrogens with one attached hydrogen (secondary N) is 1. The maximum absolute atomic E-state index is 12.2. The first-order chi connectivity index (χ1) is 13.0. The molecule has 4 nitrogen and oxygen atoms in total. The predicted molar refractivity (Wildman–Crippen MR) is 109 cm³/mol. The second-order valence-electron chi connectivity index (χ2n) is 7.37. The topological polar surface area (TPSA) is 54.3 Å². The van der Waals surface area contributed by atoms with Crippen molar-refractivity contribution in [3.63, 3.8) is 0 Å². The molecule has 27 heavy (non-hydrogen) atoms. The molecule has 2 aromatic carbocycles. The van der Waals surface area contributed by atoms with Crippen molar-refractivity contribution in [2.24, 2.45) is 0 Å². The first-order valence-electron chi connectivity index (χ1n) is 9.36. The molecule has 0 radical (unpaired) electrons. The molecule has 140 valence electrons. The number of aromatic carboxylic acids is 1. The molecule has 1 fully saturated rings. The fourth-order valence-electron chi connectivity index (χ4n) is 3.72. The molecule has 1 aliphatic carbocycles. The standard InChI is InChI=1S/C22H23ClN2O2/c1-14-5-7-15(8-6-14)13-25-20-11-16(23)9-10-18(20)19(21(25)22(26)27)12-24-17-3-2-4-17/h5-11,17,24H,2-4,12-13H2,1H3,(H,26,27). The van der Waals surface area contributed by atoms with Gasteiger partial charge < -0.3 is 15.0 Å². The zero-order valence-corrected chi connectivity index (χ0v) is 16.1. The highest BCUT2D eigenvalue weighted by molar-refractivity contribution is 6.31. The average Bonchev–Trinajstić information content (AvgIpc) is 2.89. The molecule has 1 aromatic heterocycles. The van der Waals surface area contributed by atoms with Crippen molar-refractivity contribution >= 4 is 28.5 Å². The summed E-state index contributed by atoms with van der Waals surface area (Å²) >= 11 is 6.24. The third-order valence-corrected chi connectivity index (χ3v) is 5.70. The lowest BCUT2D eigenvalue weighted by atomic mass is 9.93. The van der Waals surface area contributed by atoms with Crippen molar-refractivity contribution < 1.29 is 9.90 Å². The van der Waals surface area contributed by atoms with E-state index >= 15 is 0 Å². The van der Waals surface area contributed by atoms with Crippen LogP contribution in [0, 0.1) is 6.92 Å². The highest BCUT2D eigenvalue weighted by Gasteiger charge is 2.24. The van der Waals surface area contributed by atoms with E-state index in [4.69, 9.17) is 11.6 Å². The molecule has 4 rings (SSSR count). The fourth-order valence-corrected chi connectivity index (χ4v) is 3.88. The molecule has 0 aliphatic heterocycles. The minimum absolute atomic E-state index is 0.347. The summed E-state index contributed by atoms with van der Waals surface area (Å²) in [6, 6.07) is 14.3. The van der Waals surface area contributed by atoms with Gasteiger partial charge >= 0.3 is 5.97 Å². The second-order valence-corrected chi connectivity index (χ2v) is 7.81. The molecule has 3 aromatic rings. The number of nitrogens with zero attached hydrogens (tertiary/aromatic N) is 1. The van der Waals surface area contributed by atoms with Crippen LogP contribution >= 0.6 is 11.6 Å². The van der Waals surface area contributed by atoms with Gasteiger partial charge in [-0.2, -0.15) is 0 Å². The normalized spacial score (nSPS) is 14.4. The molecule has 0 spiro atoms. The summed E-state index contributed by atoms with van der Waals surface area (Å²) in [4.78, 5) is 12.2. The number of carboxylic acids is 1. The lowest BCUT2D eigenvalue weighted by Gasteiger charge is -2.26. The van der Waals surface area contributed by atoms with Crippen LogP contribution in [-0.4, -0.2) is 21.7 Å². The third-order valence-electron chi connectivity index (χ3n) is 5.47. The van der Waals surface area contributed by atoms with Gasteiger partial charge in [0.1, 0.15) is 5.69 Å². The summed E-state index contributed by atoms with van der Waals surface area (Å²) in [7, 11) is 0. The number of benzene rings is 2. The Morgan fingerprint density at radius 1 is 1.22 bits per heavy atom. The van der Waals surface area contributed by atoms with E-state index in [1.165, 1.54) is 12.0 Å². The summed E-state index contributed by atoms with van der Waals surface area (Å²) in [5.74, 6) is -0.903. The summed E-state index contributed by atoms with van der Waals surface area (Å²) < 4.78 is 1.88. The van der Waals surface area contributed by atoms with E-state index in [2.05, 4.69) is 5.32 Å². The number of aromatic nitrogens is 1. The van der Waals surface area contributed by atoms with Crippen LogP contribution in [0.2, 0.25) is 5.02 Å². The number of hydrogen-bond donors (Lipinski definition) is 2. The zero-order valence-electron chi connectivity index (χ0n) is 15.3. The van der Waals surface area contributed by atoms with Crippen LogP contribution in [-0.2, 0) is 13.1 Å². The quantitative estimate of drug-likeness (QED) is 0.631. The van der Waals surface area contributed by atoms with Crippen molar-refractivity contribution in [2.45, 2.75) is 45.3 Å². The number of carboxylic acid groups (broad SMARTS) is 1. The molecule has 0 bridgehead atoms. The molecule has 5 heteroatoms. The fraction of sp³-hybridized carbons (Fsp3) is 0.318. The molecule has 1 aliphatic rings. The van der Waals surface area contributed by atoms with Crippen LogP contribution in [0.1, 0.15) is 46.4 Å². The van der Waals surface area contributed by atoms with Crippen molar-refractivity contribution in [3.05, 3.63) is 69.9 Å². The van der Waals surface area contributed by atoms with E-state index in [0.29, 0.717) is 29.8 Å². The van der Waals surface area contributed by atoms with Crippen LogP contribution < -0.4 is 5.32 Å². The molecule has 1 saturated carbocycles. The van der Waals surface area contributed by atoms with Gasteiger partial charge in [0, 0.05) is 35.1 Å². The van der Waals surface area contributed by atoms with Gasteiger partial charge in [-0.15, -0.1) is 0 Å². The van der Waals surface area contributed by atoms with Crippen LogP contribution in [0.25, 0.3) is 10.9 Å². The third kappa shape index (κ3) is 3.60. The summed E-state index contributed by atoms with van der Waals surface area (Å²) in [6.07, 6.45) is 3.57. The number of aryl methyl sites for hydroxylation is 1. The SMILES string of the molecule is Cc1ccc(Cn2c(C(=O)O)c(CNC3CCC3)c3ccc(Cl)cc32)cc1. The van der Waals surface area contributed by atoms with Gasteiger partial charge in [-0.25, -0.2) is 4.79 Å². The van der Waals surface area contributed by atoms with Crippen molar-refractivity contribution in [2.75, 3.05) is 0 Å². The predicted octanol–water partition coefficient (Wildman–Crippen LogP) is 4.99. The largest absolute Gasteiger partial charge is 0.477 e. The molecule has 0 saturated heterocycles. The highest BCUT2D eigenvalue weighted by atomic mass is 35.5. The van der Waals surface area contributed by atoms with E-state index in [-0.39, 0.29) is 0 Å². The lowest BCUT2D eigenvalue weighted by molar-refractivity contribution is 0.0684. The monoisotopic (exact) mass is 382 g/mol. The Morgan fingerprint density at radius 3 is 2.59 bits per heavy atom. The van der Waals surface area contributed by atoms with Gasteiger partial charge in [0.2, 0.25) is 0 Å². The Kier molecular flexibility index (Phi) is 4.94. The second kappa shape index (κ2) is 7.37. The summed E-state index contributed by atoms with van der Waals surface area (Å²) in [5.41, 5.74) is 4.31. The number of halogens is 1. The molecule has 2 N–H and O–H groups in total.